The summed E-state index contributed by atoms with van der Waals surface area (Å²) in [6, 6.07) is 0.126. The molecule has 1 aliphatic heterocycles. The molecule has 0 radical (unpaired) electrons. The van der Waals surface area contributed by atoms with Crippen molar-refractivity contribution in [3.8, 4) is 0 Å². The van der Waals surface area contributed by atoms with Crippen LogP contribution in [0.1, 0.15) is 20.8 Å². The zero-order valence-corrected chi connectivity index (χ0v) is 7.35. The van der Waals surface area contributed by atoms with Crippen molar-refractivity contribution in [3.63, 3.8) is 0 Å². The van der Waals surface area contributed by atoms with Crippen molar-refractivity contribution < 1.29 is 8.42 Å². The summed E-state index contributed by atoms with van der Waals surface area (Å²) in [5.41, 5.74) is 0. The van der Waals surface area contributed by atoms with Gasteiger partial charge in [0, 0.05) is 12.6 Å². The molecule has 0 spiro atoms. The van der Waals surface area contributed by atoms with Crippen molar-refractivity contribution in [1.82, 2.24) is 4.31 Å². The van der Waals surface area contributed by atoms with Crippen LogP contribution < -0.4 is 0 Å². The average Bonchev–Trinajstić information content (AvgIpc) is 1.82. The molecule has 0 aromatic heterocycles. The summed E-state index contributed by atoms with van der Waals surface area (Å²) in [4.78, 5) is 0. The van der Waals surface area contributed by atoms with Crippen molar-refractivity contribution in [2.45, 2.75) is 32.1 Å². The van der Waals surface area contributed by atoms with E-state index in [9.17, 15) is 8.42 Å². The first kappa shape index (κ1) is 8.01. The van der Waals surface area contributed by atoms with Crippen LogP contribution in [0.5, 0.6) is 0 Å². The Kier molecular flexibility index (Phi) is 1.76. The van der Waals surface area contributed by atoms with Gasteiger partial charge < -0.3 is 0 Å². The molecule has 4 heteroatoms. The molecule has 1 aliphatic rings. The first-order chi connectivity index (χ1) is 4.46. The molecule has 0 aliphatic carbocycles. The van der Waals surface area contributed by atoms with Gasteiger partial charge in [0.2, 0.25) is 10.0 Å². The average molecular weight is 163 g/mol. The fourth-order valence-corrected chi connectivity index (χ4v) is 2.67. The highest BCUT2D eigenvalue weighted by molar-refractivity contribution is 7.91. The van der Waals surface area contributed by atoms with E-state index in [0.29, 0.717) is 6.54 Å². The van der Waals surface area contributed by atoms with Crippen molar-refractivity contribution in [3.05, 3.63) is 0 Å². The second kappa shape index (κ2) is 2.20. The molecule has 0 bridgehead atoms. The van der Waals surface area contributed by atoms with Gasteiger partial charge in [0.15, 0.2) is 0 Å². The van der Waals surface area contributed by atoms with Crippen LogP contribution in [0.2, 0.25) is 0 Å². The Bertz CT molecular complexity index is 220. The van der Waals surface area contributed by atoms with E-state index in [0.717, 1.165) is 0 Å². The first-order valence-electron chi connectivity index (χ1n) is 3.47. The number of hydrogen-bond acceptors (Lipinski definition) is 2. The molecule has 0 amide bonds. The van der Waals surface area contributed by atoms with Crippen LogP contribution >= 0.6 is 0 Å². The zero-order chi connectivity index (χ0) is 7.94. The van der Waals surface area contributed by atoms with Crippen LogP contribution in [0, 0.1) is 0 Å². The Morgan fingerprint density at radius 3 is 2.10 bits per heavy atom. The highest BCUT2D eigenvalue weighted by Crippen LogP contribution is 2.23. The maximum absolute atomic E-state index is 11.1. The molecule has 60 valence electrons. The summed E-state index contributed by atoms with van der Waals surface area (Å²) in [5.74, 6) is 0. The largest absolute Gasteiger partial charge is 0.218 e. The fourth-order valence-electron chi connectivity index (χ4n) is 1.10. The van der Waals surface area contributed by atoms with Gasteiger partial charge in [0.05, 0.1) is 5.25 Å². The minimum atomic E-state index is -2.87. The van der Waals surface area contributed by atoms with E-state index >= 15 is 0 Å². The Hall–Kier alpha value is -0.0900. The molecule has 0 aromatic rings. The maximum atomic E-state index is 11.1. The summed E-state index contributed by atoms with van der Waals surface area (Å²) in [6.07, 6.45) is 0. The minimum absolute atomic E-state index is 0.126. The third-order valence-corrected chi connectivity index (χ3v) is 4.24. The maximum Gasteiger partial charge on any atom is 0.218 e. The van der Waals surface area contributed by atoms with Crippen molar-refractivity contribution in [2.75, 3.05) is 6.54 Å². The van der Waals surface area contributed by atoms with Crippen LogP contribution in [-0.2, 0) is 10.0 Å². The Labute approximate surface area is 62.1 Å². The Balaban J connectivity index is 2.74. The van der Waals surface area contributed by atoms with Gasteiger partial charge in [-0.3, -0.25) is 0 Å². The van der Waals surface area contributed by atoms with Gasteiger partial charge in [0.1, 0.15) is 0 Å². The highest BCUT2D eigenvalue weighted by Gasteiger charge is 2.41. The third-order valence-electron chi connectivity index (χ3n) is 1.85. The SMILES string of the molecule is CC(C)N1CC(C)S1(=O)=O. The molecule has 1 unspecified atom stereocenters. The predicted molar refractivity (Wildman–Crippen MR) is 40.2 cm³/mol. The first-order valence-corrected chi connectivity index (χ1v) is 4.97. The summed E-state index contributed by atoms with van der Waals surface area (Å²) >= 11 is 0. The van der Waals surface area contributed by atoms with Gasteiger partial charge in [-0.05, 0) is 20.8 Å². The molecule has 1 fully saturated rings. The standard InChI is InChI=1S/C6H13NO2S/c1-5(2)7-4-6(3)10(7,8)9/h5-6H,4H2,1-3H3. The van der Waals surface area contributed by atoms with E-state index in [1.54, 1.807) is 6.92 Å². The van der Waals surface area contributed by atoms with E-state index in [1.807, 2.05) is 13.8 Å². The number of nitrogens with zero attached hydrogens (tertiary/aromatic N) is 1. The van der Waals surface area contributed by atoms with Crippen LogP contribution in [0.4, 0.5) is 0 Å². The van der Waals surface area contributed by atoms with Gasteiger partial charge in [-0.2, -0.15) is 4.31 Å². The summed E-state index contributed by atoms with van der Waals surface area (Å²) < 4.78 is 23.8. The van der Waals surface area contributed by atoms with E-state index in [-0.39, 0.29) is 11.3 Å². The zero-order valence-electron chi connectivity index (χ0n) is 6.53. The quantitative estimate of drug-likeness (QED) is 0.562. The second-order valence-corrected chi connectivity index (χ2v) is 5.32. The Morgan fingerprint density at radius 1 is 1.50 bits per heavy atom. The van der Waals surface area contributed by atoms with E-state index < -0.39 is 10.0 Å². The topological polar surface area (TPSA) is 37.4 Å². The summed E-state index contributed by atoms with van der Waals surface area (Å²) in [7, 11) is -2.87. The van der Waals surface area contributed by atoms with Gasteiger partial charge >= 0.3 is 0 Å². The number of hydrogen-bond donors (Lipinski definition) is 0. The normalized spacial score (nSPS) is 32.2. The predicted octanol–water partition coefficient (Wildman–Crippen LogP) is 0.429. The fraction of sp³-hybridized carbons (Fsp3) is 1.00. The molecule has 1 heterocycles. The lowest BCUT2D eigenvalue weighted by atomic mass is 10.3. The van der Waals surface area contributed by atoms with Crippen LogP contribution in [0.15, 0.2) is 0 Å². The molecule has 0 saturated carbocycles. The molecule has 1 saturated heterocycles. The molecule has 1 rings (SSSR count). The third kappa shape index (κ3) is 0.953. The Morgan fingerprint density at radius 2 is 2.00 bits per heavy atom. The smallest absolute Gasteiger partial charge is 0.212 e. The number of sulfonamides is 1. The van der Waals surface area contributed by atoms with Crippen LogP contribution in [0.25, 0.3) is 0 Å². The van der Waals surface area contributed by atoms with Crippen LogP contribution in [0.3, 0.4) is 0 Å². The van der Waals surface area contributed by atoms with Gasteiger partial charge in [-0.25, -0.2) is 8.42 Å². The molecule has 0 N–H and O–H groups in total. The van der Waals surface area contributed by atoms with Crippen molar-refractivity contribution in [1.29, 1.82) is 0 Å². The highest BCUT2D eigenvalue weighted by atomic mass is 32.2. The number of rotatable bonds is 1. The van der Waals surface area contributed by atoms with Crippen molar-refractivity contribution >= 4 is 10.0 Å². The summed E-state index contributed by atoms with van der Waals surface area (Å²) in [5, 5.41) is -0.158. The minimum Gasteiger partial charge on any atom is -0.212 e. The second-order valence-electron chi connectivity index (χ2n) is 3.02. The van der Waals surface area contributed by atoms with E-state index in [1.165, 1.54) is 4.31 Å². The van der Waals surface area contributed by atoms with Crippen molar-refractivity contribution in [2.24, 2.45) is 0 Å². The van der Waals surface area contributed by atoms with Crippen LogP contribution in [-0.4, -0.2) is 30.6 Å². The molecular weight excluding hydrogens is 150 g/mol. The van der Waals surface area contributed by atoms with Gasteiger partial charge in [-0.1, -0.05) is 0 Å². The lowest BCUT2D eigenvalue weighted by Crippen LogP contribution is -2.56. The lowest BCUT2D eigenvalue weighted by Gasteiger charge is -2.39. The molecular formula is C6H13NO2S. The monoisotopic (exact) mass is 163 g/mol. The van der Waals surface area contributed by atoms with E-state index in [2.05, 4.69) is 0 Å². The van der Waals surface area contributed by atoms with Gasteiger partial charge in [-0.15, -0.1) is 0 Å². The van der Waals surface area contributed by atoms with Gasteiger partial charge in [0.25, 0.3) is 0 Å². The molecule has 3 nitrogen and oxygen atoms in total. The lowest BCUT2D eigenvalue weighted by molar-refractivity contribution is 0.303. The molecule has 1 atom stereocenters. The summed E-state index contributed by atoms with van der Waals surface area (Å²) in [6.45, 7) is 6.22. The van der Waals surface area contributed by atoms with E-state index in [4.69, 9.17) is 0 Å². The molecule has 10 heavy (non-hydrogen) atoms. The molecule has 0 aromatic carbocycles.